The summed E-state index contributed by atoms with van der Waals surface area (Å²) in [6, 6.07) is 10.4. The molecule has 0 aliphatic carbocycles. The molecule has 1 aromatic carbocycles. The van der Waals surface area contributed by atoms with Crippen LogP contribution in [0.3, 0.4) is 0 Å². The highest BCUT2D eigenvalue weighted by Gasteiger charge is 2.11. The zero-order chi connectivity index (χ0) is 18.2. The molecule has 0 atom stereocenters. The Morgan fingerprint density at radius 1 is 0.692 bits per heavy atom. The van der Waals surface area contributed by atoms with Crippen molar-refractivity contribution in [1.29, 1.82) is 0 Å². The van der Waals surface area contributed by atoms with Gasteiger partial charge < -0.3 is 9.47 Å². The zero-order valence-corrected chi connectivity index (χ0v) is 15.7. The highest BCUT2D eigenvalue weighted by atomic mass is 32.1. The second-order valence-corrected chi connectivity index (χ2v) is 7.17. The van der Waals surface area contributed by atoms with Crippen LogP contribution in [0.1, 0.15) is 31.8 Å². The topological polar surface area (TPSA) is 52.6 Å². The molecule has 0 radical (unpaired) electrons. The van der Waals surface area contributed by atoms with E-state index in [1.807, 2.05) is 33.7 Å². The van der Waals surface area contributed by atoms with Gasteiger partial charge in [0.15, 0.2) is 0 Å². The van der Waals surface area contributed by atoms with E-state index in [0.717, 1.165) is 11.1 Å². The quantitative estimate of drug-likeness (QED) is 0.531. The Morgan fingerprint density at radius 3 is 1.46 bits per heavy atom. The summed E-state index contributed by atoms with van der Waals surface area (Å²) in [5.74, 6) is -0.782. The summed E-state index contributed by atoms with van der Waals surface area (Å²) in [4.78, 5) is 24.0. The highest BCUT2D eigenvalue weighted by Crippen LogP contribution is 2.11. The first-order valence-electron chi connectivity index (χ1n) is 8.19. The van der Waals surface area contributed by atoms with Crippen molar-refractivity contribution in [3.05, 3.63) is 80.2 Å². The molecule has 0 aliphatic heterocycles. The number of benzene rings is 1. The van der Waals surface area contributed by atoms with Crippen molar-refractivity contribution in [2.75, 3.05) is 13.2 Å². The zero-order valence-electron chi connectivity index (χ0n) is 14.1. The molecule has 3 rings (SSSR count). The van der Waals surface area contributed by atoms with Gasteiger partial charge in [-0.2, -0.15) is 22.7 Å². The van der Waals surface area contributed by atoms with E-state index in [1.165, 1.54) is 0 Å². The van der Waals surface area contributed by atoms with Crippen LogP contribution in [0.25, 0.3) is 0 Å². The first-order chi connectivity index (χ1) is 12.7. The molecule has 0 saturated heterocycles. The molecule has 134 valence electrons. The second kappa shape index (κ2) is 9.31. The average Bonchev–Trinajstić information content (AvgIpc) is 3.36. The summed E-state index contributed by atoms with van der Waals surface area (Å²) in [6.07, 6.45) is 1.40. The molecule has 0 spiro atoms. The Hall–Kier alpha value is -2.44. The number of ether oxygens (including phenoxy) is 2. The lowest BCUT2D eigenvalue weighted by Gasteiger charge is -2.06. The van der Waals surface area contributed by atoms with Crippen molar-refractivity contribution in [2.45, 2.75) is 12.8 Å². The molecule has 0 amide bonds. The maximum atomic E-state index is 12.0. The van der Waals surface area contributed by atoms with Gasteiger partial charge in [0.05, 0.1) is 24.3 Å². The fraction of sp³-hybridized carbons (Fsp3) is 0.200. The van der Waals surface area contributed by atoms with Gasteiger partial charge in [0.25, 0.3) is 0 Å². The van der Waals surface area contributed by atoms with Crippen LogP contribution < -0.4 is 0 Å². The van der Waals surface area contributed by atoms with Crippen LogP contribution in [-0.2, 0) is 22.3 Å². The fourth-order valence-corrected chi connectivity index (χ4v) is 3.71. The summed E-state index contributed by atoms with van der Waals surface area (Å²) < 4.78 is 10.5. The van der Waals surface area contributed by atoms with Gasteiger partial charge in [-0.3, -0.25) is 0 Å². The molecule has 26 heavy (non-hydrogen) atoms. The number of hydrogen-bond donors (Lipinski definition) is 0. The third-order valence-corrected chi connectivity index (χ3v) is 5.23. The van der Waals surface area contributed by atoms with Gasteiger partial charge in [0.1, 0.15) is 0 Å². The van der Waals surface area contributed by atoms with E-state index < -0.39 is 11.9 Å². The molecule has 0 aliphatic rings. The molecule has 0 N–H and O–H groups in total. The van der Waals surface area contributed by atoms with Gasteiger partial charge in [0.2, 0.25) is 0 Å². The van der Waals surface area contributed by atoms with E-state index in [9.17, 15) is 9.59 Å². The molecule has 2 heterocycles. The Labute approximate surface area is 160 Å². The van der Waals surface area contributed by atoms with Crippen LogP contribution in [-0.4, -0.2) is 25.2 Å². The third-order valence-electron chi connectivity index (χ3n) is 3.76. The lowest BCUT2D eigenvalue weighted by Crippen LogP contribution is -2.10. The highest BCUT2D eigenvalue weighted by molar-refractivity contribution is 7.08. The number of carbonyl (C=O) groups is 2. The van der Waals surface area contributed by atoms with E-state index in [2.05, 4.69) is 0 Å². The minimum atomic E-state index is -0.391. The smallest absolute Gasteiger partial charge is 0.338 e. The monoisotopic (exact) mass is 386 g/mol. The van der Waals surface area contributed by atoms with E-state index in [-0.39, 0.29) is 0 Å². The van der Waals surface area contributed by atoms with Gasteiger partial charge in [-0.05, 0) is 69.0 Å². The van der Waals surface area contributed by atoms with Gasteiger partial charge in [0, 0.05) is 12.8 Å². The summed E-state index contributed by atoms with van der Waals surface area (Å²) in [5.41, 5.74) is 3.15. The van der Waals surface area contributed by atoms with Gasteiger partial charge in [-0.25, -0.2) is 9.59 Å². The van der Waals surface area contributed by atoms with Crippen molar-refractivity contribution in [3.8, 4) is 0 Å². The molecular formula is C20H18O4S2. The van der Waals surface area contributed by atoms with Crippen molar-refractivity contribution in [1.82, 2.24) is 0 Å². The average molecular weight is 386 g/mol. The van der Waals surface area contributed by atoms with Crippen LogP contribution in [0.15, 0.2) is 57.9 Å². The number of thiophene rings is 2. The maximum absolute atomic E-state index is 12.0. The Balaban J connectivity index is 1.44. The predicted molar refractivity (Wildman–Crippen MR) is 103 cm³/mol. The first-order valence-corrected chi connectivity index (χ1v) is 10.1. The summed E-state index contributed by atoms with van der Waals surface area (Å²) in [7, 11) is 0. The van der Waals surface area contributed by atoms with Crippen molar-refractivity contribution >= 4 is 34.6 Å². The van der Waals surface area contributed by atoms with E-state index in [4.69, 9.17) is 9.47 Å². The lowest BCUT2D eigenvalue weighted by molar-refractivity contribution is 0.0494. The minimum absolute atomic E-state index is 0.335. The fourth-order valence-electron chi connectivity index (χ4n) is 2.30. The predicted octanol–water partition coefficient (Wildman–Crippen LogP) is 4.61. The molecule has 2 aromatic heterocycles. The van der Waals surface area contributed by atoms with Gasteiger partial charge >= 0.3 is 11.9 Å². The molecule has 0 saturated carbocycles. The standard InChI is InChI=1S/C20H18O4S2/c21-19(23-9-5-15-7-11-25-13-15)17-1-2-18(4-3-17)20(22)24-10-6-16-8-12-26-14-16/h1-4,7-8,11-14H,5-6,9-10H2. The van der Waals surface area contributed by atoms with Crippen LogP contribution in [0.5, 0.6) is 0 Å². The van der Waals surface area contributed by atoms with Crippen LogP contribution in [0.4, 0.5) is 0 Å². The largest absolute Gasteiger partial charge is 0.462 e. The number of esters is 2. The molecule has 0 bridgehead atoms. The van der Waals surface area contributed by atoms with Crippen molar-refractivity contribution < 1.29 is 19.1 Å². The van der Waals surface area contributed by atoms with Gasteiger partial charge in [-0.1, -0.05) is 0 Å². The van der Waals surface area contributed by atoms with Crippen LogP contribution in [0, 0.1) is 0 Å². The SMILES string of the molecule is O=C(OCCc1ccsc1)c1ccc(C(=O)OCCc2ccsc2)cc1. The van der Waals surface area contributed by atoms with E-state index >= 15 is 0 Å². The molecule has 4 nitrogen and oxygen atoms in total. The third kappa shape index (κ3) is 5.28. The summed E-state index contributed by atoms with van der Waals surface area (Å²) in [5, 5.41) is 8.06. The number of rotatable bonds is 8. The maximum Gasteiger partial charge on any atom is 0.338 e. The minimum Gasteiger partial charge on any atom is -0.462 e. The summed E-state index contributed by atoms with van der Waals surface area (Å²) >= 11 is 3.24. The molecule has 6 heteroatoms. The van der Waals surface area contributed by atoms with E-state index in [1.54, 1.807) is 46.9 Å². The van der Waals surface area contributed by atoms with Crippen molar-refractivity contribution in [2.24, 2.45) is 0 Å². The van der Waals surface area contributed by atoms with Crippen LogP contribution in [0.2, 0.25) is 0 Å². The van der Waals surface area contributed by atoms with Gasteiger partial charge in [-0.15, -0.1) is 0 Å². The first kappa shape index (κ1) is 18.4. The summed E-state index contributed by atoms with van der Waals surface area (Å²) in [6.45, 7) is 0.671. The molecule has 0 unspecified atom stereocenters. The van der Waals surface area contributed by atoms with E-state index in [0.29, 0.717) is 37.2 Å². The van der Waals surface area contributed by atoms with Crippen LogP contribution >= 0.6 is 22.7 Å². The molecular weight excluding hydrogens is 368 g/mol. The molecule has 3 aromatic rings. The normalized spacial score (nSPS) is 10.5. The Bertz CT molecular complexity index is 750. The number of hydrogen-bond acceptors (Lipinski definition) is 6. The van der Waals surface area contributed by atoms with Crippen molar-refractivity contribution in [3.63, 3.8) is 0 Å². The Morgan fingerprint density at radius 2 is 1.12 bits per heavy atom. The lowest BCUT2D eigenvalue weighted by atomic mass is 10.1. The molecule has 0 fully saturated rings. The number of carbonyl (C=O) groups excluding carboxylic acids is 2. The Kier molecular flexibility index (Phi) is 6.57. The second-order valence-electron chi connectivity index (χ2n) is 5.61.